The van der Waals surface area contributed by atoms with Crippen LogP contribution in [0.25, 0.3) is 22.3 Å². The van der Waals surface area contributed by atoms with Gasteiger partial charge in [-0.3, -0.25) is 0 Å². The van der Waals surface area contributed by atoms with E-state index in [4.69, 9.17) is 0 Å². The SMILES string of the molecule is C1=CC(N(c2ccccc2)c2ccc(-c3ccc(N(c4ccccc4)c4ccccc4)cc3)cc2)C(N(c2ccccc2)c2ccc(-c3ccc(N(c4ccccc4)c4ccccc4)cc3)cc2)C=C1. The predicted octanol–water partition coefficient (Wildman–Crippen LogP) is 17.8. The topological polar surface area (TPSA) is 13.0 Å². The van der Waals surface area contributed by atoms with E-state index in [1.165, 1.54) is 0 Å². The van der Waals surface area contributed by atoms with Crippen LogP contribution in [0.4, 0.5) is 56.9 Å². The summed E-state index contributed by atoms with van der Waals surface area (Å²) >= 11 is 0. The molecule has 11 rings (SSSR count). The summed E-state index contributed by atoms with van der Waals surface area (Å²) in [7, 11) is 0. The molecule has 1 aliphatic rings. The molecule has 70 heavy (non-hydrogen) atoms. The van der Waals surface area contributed by atoms with Crippen LogP contribution < -0.4 is 19.6 Å². The number of hydrogen-bond acceptors (Lipinski definition) is 4. The zero-order chi connectivity index (χ0) is 46.9. The van der Waals surface area contributed by atoms with Crippen LogP contribution >= 0.6 is 0 Å². The lowest BCUT2D eigenvalue weighted by Crippen LogP contribution is -2.48. The van der Waals surface area contributed by atoms with Gasteiger partial charge in [-0.15, -0.1) is 0 Å². The van der Waals surface area contributed by atoms with Crippen molar-refractivity contribution in [1.29, 1.82) is 0 Å². The van der Waals surface area contributed by atoms with E-state index in [2.05, 4.69) is 323 Å². The standard InChI is InChI=1S/C66H52N4/c1-7-21-55(22-8-1)67(56-23-9-2-10-24-56)61-43-35-51(36-44-61)53-39-47-63(48-40-53)69(59-29-15-5-16-30-59)65-33-19-20-34-66(65)70(60-31-17-6-18-32-60)64-49-41-54(42-50-64)52-37-45-62(46-38-52)68(57-25-11-3-12-26-57)58-27-13-4-14-28-58/h1-50,65-66H. The van der Waals surface area contributed by atoms with Crippen molar-refractivity contribution in [2.45, 2.75) is 12.1 Å². The molecule has 0 N–H and O–H groups in total. The van der Waals surface area contributed by atoms with E-state index < -0.39 is 0 Å². The maximum atomic E-state index is 2.48. The molecule has 336 valence electrons. The summed E-state index contributed by atoms with van der Waals surface area (Å²) in [6.45, 7) is 0. The number of anilines is 10. The Morgan fingerprint density at radius 3 is 0.614 bits per heavy atom. The molecular weight excluding hydrogens is 849 g/mol. The van der Waals surface area contributed by atoms with E-state index in [-0.39, 0.29) is 12.1 Å². The van der Waals surface area contributed by atoms with Crippen LogP contribution in [0.5, 0.6) is 0 Å². The summed E-state index contributed by atoms with van der Waals surface area (Å²) in [6.07, 6.45) is 9.06. The lowest BCUT2D eigenvalue weighted by molar-refractivity contribution is 0.660. The molecule has 0 radical (unpaired) electrons. The Morgan fingerprint density at radius 2 is 0.371 bits per heavy atom. The van der Waals surface area contributed by atoms with Crippen LogP contribution in [0.2, 0.25) is 0 Å². The average molecular weight is 901 g/mol. The molecule has 0 fully saturated rings. The highest BCUT2D eigenvalue weighted by Crippen LogP contribution is 2.41. The Kier molecular flexibility index (Phi) is 12.7. The van der Waals surface area contributed by atoms with E-state index in [0.717, 1.165) is 79.1 Å². The first-order valence-electron chi connectivity index (χ1n) is 24.0. The third-order valence-electron chi connectivity index (χ3n) is 13.0. The largest absolute Gasteiger partial charge is 0.332 e. The van der Waals surface area contributed by atoms with Gasteiger partial charge in [-0.05, 0) is 144 Å². The molecule has 0 aliphatic heterocycles. The summed E-state index contributed by atoms with van der Waals surface area (Å²) < 4.78 is 0. The zero-order valence-corrected chi connectivity index (χ0v) is 38.8. The van der Waals surface area contributed by atoms with Gasteiger partial charge in [-0.2, -0.15) is 0 Å². The van der Waals surface area contributed by atoms with E-state index in [1.54, 1.807) is 0 Å². The highest BCUT2D eigenvalue weighted by molar-refractivity contribution is 5.81. The van der Waals surface area contributed by atoms with Gasteiger partial charge in [-0.1, -0.05) is 182 Å². The van der Waals surface area contributed by atoms with E-state index in [9.17, 15) is 0 Å². The first kappa shape index (κ1) is 43.5. The van der Waals surface area contributed by atoms with Gasteiger partial charge < -0.3 is 19.6 Å². The maximum Gasteiger partial charge on any atom is 0.0768 e. The minimum Gasteiger partial charge on any atom is -0.332 e. The van der Waals surface area contributed by atoms with E-state index >= 15 is 0 Å². The van der Waals surface area contributed by atoms with Crippen LogP contribution in [0.3, 0.4) is 0 Å². The van der Waals surface area contributed by atoms with Gasteiger partial charge in [0.05, 0.1) is 12.1 Å². The molecule has 0 bridgehead atoms. The highest BCUT2D eigenvalue weighted by atomic mass is 15.3. The first-order chi connectivity index (χ1) is 34.7. The number of allylic oxidation sites excluding steroid dienone is 2. The summed E-state index contributed by atoms with van der Waals surface area (Å²) in [4.78, 5) is 9.56. The smallest absolute Gasteiger partial charge is 0.0768 e. The molecule has 0 aromatic heterocycles. The Morgan fingerprint density at radius 1 is 0.186 bits per heavy atom. The number of benzene rings is 10. The molecule has 0 saturated heterocycles. The summed E-state index contributed by atoms with van der Waals surface area (Å²) in [5, 5.41) is 0. The molecule has 0 saturated carbocycles. The van der Waals surface area contributed by atoms with E-state index in [0.29, 0.717) is 0 Å². The lowest BCUT2D eigenvalue weighted by atomic mass is 9.95. The van der Waals surface area contributed by atoms with Gasteiger partial charge in [0, 0.05) is 56.9 Å². The van der Waals surface area contributed by atoms with Crippen molar-refractivity contribution < 1.29 is 0 Å². The number of para-hydroxylation sites is 6. The third kappa shape index (κ3) is 9.27. The Hall–Kier alpha value is -9.12. The molecule has 1 aliphatic carbocycles. The van der Waals surface area contributed by atoms with Crippen molar-refractivity contribution in [3.63, 3.8) is 0 Å². The molecule has 10 aromatic carbocycles. The minimum atomic E-state index is -0.0518. The second-order valence-corrected chi connectivity index (χ2v) is 17.4. The Balaban J connectivity index is 0.893. The number of hydrogen-bond donors (Lipinski definition) is 0. The summed E-state index contributed by atoms with van der Waals surface area (Å²) in [5.41, 5.74) is 15.8. The Labute approximate surface area is 412 Å². The minimum absolute atomic E-state index is 0.0518. The molecule has 2 atom stereocenters. The molecule has 0 spiro atoms. The lowest BCUT2D eigenvalue weighted by Gasteiger charge is -2.43. The van der Waals surface area contributed by atoms with Crippen LogP contribution in [-0.2, 0) is 0 Å². The van der Waals surface area contributed by atoms with Crippen LogP contribution in [0.1, 0.15) is 0 Å². The zero-order valence-electron chi connectivity index (χ0n) is 38.8. The third-order valence-corrected chi connectivity index (χ3v) is 13.0. The number of nitrogens with zero attached hydrogens (tertiary/aromatic N) is 4. The van der Waals surface area contributed by atoms with Gasteiger partial charge in [0.1, 0.15) is 0 Å². The normalized spacial score (nSPS) is 13.9. The molecular formula is C66H52N4. The molecule has 0 heterocycles. The first-order valence-corrected chi connectivity index (χ1v) is 24.0. The fraction of sp³-hybridized carbons (Fsp3) is 0.0303. The van der Waals surface area contributed by atoms with Crippen LogP contribution in [0.15, 0.2) is 303 Å². The second kappa shape index (κ2) is 20.4. The molecule has 4 heteroatoms. The predicted molar refractivity (Wildman–Crippen MR) is 296 cm³/mol. The molecule has 10 aromatic rings. The Bertz CT molecular complexity index is 2960. The molecule has 0 amide bonds. The fourth-order valence-corrected chi connectivity index (χ4v) is 9.66. The second-order valence-electron chi connectivity index (χ2n) is 17.4. The fourth-order valence-electron chi connectivity index (χ4n) is 9.66. The maximum absolute atomic E-state index is 2.48. The van der Waals surface area contributed by atoms with Crippen molar-refractivity contribution in [1.82, 2.24) is 0 Å². The van der Waals surface area contributed by atoms with Crippen molar-refractivity contribution in [2.24, 2.45) is 0 Å². The monoisotopic (exact) mass is 900 g/mol. The average Bonchev–Trinajstić information content (AvgIpc) is 3.44. The van der Waals surface area contributed by atoms with Gasteiger partial charge in [0.2, 0.25) is 0 Å². The van der Waals surface area contributed by atoms with Gasteiger partial charge in [0.25, 0.3) is 0 Å². The molecule has 4 nitrogen and oxygen atoms in total. The highest BCUT2D eigenvalue weighted by Gasteiger charge is 2.33. The van der Waals surface area contributed by atoms with Crippen molar-refractivity contribution >= 4 is 56.9 Å². The van der Waals surface area contributed by atoms with Crippen molar-refractivity contribution in [3.8, 4) is 22.3 Å². The summed E-state index contributed by atoms with van der Waals surface area (Å²) in [6, 6.07) is 99.5. The van der Waals surface area contributed by atoms with E-state index in [1.807, 2.05) is 0 Å². The van der Waals surface area contributed by atoms with Crippen LogP contribution in [-0.4, -0.2) is 12.1 Å². The van der Waals surface area contributed by atoms with Crippen LogP contribution in [0, 0.1) is 0 Å². The molecule has 2 unspecified atom stereocenters. The van der Waals surface area contributed by atoms with Crippen molar-refractivity contribution in [2.75, 3.05) is 19.6 Å². The van der Waals surface area contributed by atoms with Gasteiger partial charge in [0.15, 0.2) is 0 Å². The quantitative estimate of drug-likeness (QED) is 0.108. The van der Waals surface area contributed by atoms with Gasteiger partial charge >= 0.3 is 0 Å². The summed E-state index contributed by atoms with van der Waals surface area (Å²) in [5.74, 6) is 0. The van der Waals surface area contributed by atoms with Crippen molar-refractivity contribution in [3.05, 3.63) is 303 Å². The van der Waals surface area contributed by atoms with Gasteiger partial charge in [-0.25, -0.2) is 0 Å². The number of rotatable bonds is 14.